The SMILES string of the molecule is COc1ccc(C(c2ccc(Br)s2)N2CCCC(C(=O)O)C2)cc1. The van der Waals surface area contributed by atoms with Gasteiger partial charge in [0.2, 0.25) is 0 Å². The van der Waals surface area contributed by atoms with E-state index < -0.39 is 5.97 Å². The zero-order chi connectivity index (χ0) is 17.1. The van der Waals surface area contributed by atoms with Crippen molar-refractivity contribution in [2.45, 2.75) is 18.9 Å². The van der Waals surface area contributed by atoms with Crippen molar-refractivity contribution in [1.82, 2.24) is 4.90 Å². The Kier molecular flexibility index (Phi) is 5.58. The molecule has 1 saturated heterocycles. The van der Waals surface area contributed by atoms with Gasteiger partial charge in [-0.3, -0.25) is 9.69 Å². The standard InChI is InChI=1S/C18H20BrNO3S/c1-23-14-6-4-12(5-7-14)17(15-8-9-16(19)24-15)20-10-2-3-13(11-20)18(21)22/h4-9,13,17H,2-3,10-11H2,1H3,(H,21,22). The highest BCUT2D eigenvalue weighted by Gasteiger charge is 2.31. The van der Waals surface area contributed by atoms with E-state index in [0.717, 1.165) is 34.5 Å². The molecule has 1 aromatic carbocycles. The van der Waals surface area contributed by atoms with Crippen molar-refractivity contribution in [3.05, 3.63) is 50.6 Å². The van der Waals surface area contributed by atoms with E-state index in [2.05, 4.69) is 45.1 Å². The van der Waals surface area contributed by atoms with Gasteiger partial charge in [-0.2, -0.15) is 0 Å². The number of benzene rings is 1. The highest BCUT2D eigenvalue weighted by atomic mass is 79.9. The number of hydrogen-bond acceptors (Lipinski definition) is 4. The average molecular weight is 410 g/mol. The number of hydrogen-bond donors (Lipinski definition) is 1. The number of carboxylic acid groups (broad SMARTS) is 1. The zero-order valence-corrected chi connectivity index (χ0v) is 15.8. The first-order chi connectivity index (χ1) is 11.6. The van der Waals surface area contributed by atoms with Crippen LogP contribution < -0.4 is 4.74 Å². The first-order valence-corrected chi connectivity index (χ1v) is 9.55. The van der Waals surface area contributed by atoms with E-state index in [1.807, 2.05) is 12.1 Å². The molecule has 128 valence electrons. The molecular formula is C18H20BrNO3S. The molecule has 1 fully saturated rings. The summed E-state index contributed by atoms with van der Waals surface area (Å²) < 4.78 is 6.34. The minimum absolute atomic E-state index is 0.0781. The van der Waals surface area contributed by atoms with Gasteiger partial charge in [0, 0.05) is 11.4 Å². The van der Waals surface area contributed by atoms with Gasteiger partial charge in [-0.15, -0.1) is 11.3 Å². The molecule has 4 nitrogen and oxygen atoms in total. The largest absolute Gasteiger partial charge is 0.497 e. The number of likely N-dealkylation sites (tertiary alicyclic amines) is 1. The van der Waals surface area contributed by atoms with Crippen LogP contribution in [-0.4, -0.2) is 36.2 Å². The molecule has 0 saturated carbocycles. The number of carboxylic acids is 1. The van der Waals surface area contributed by atoms with Gasteiger partial charge in [-0.1, -0.05) is 12.1 Å². The number of thiophene rings is 1. The fourth-order valence-corrected chi connectivity index (χ4v) is 4.85. The molecule has 6 heteroatoms. The maximum atomic E-state index is 11.4. The Labute approximate surface area is 154 Å². The van der Waals surface area contributed by atoms with Crippen LogP contribution in [0.2, 0.25) is 0 Å². The number of piperidine rings is 1. The Balaban J connectivity index is 1.93. The van der Waals surface area contributed by atoms with E-state index in [9.17, 15) is 9.90 Å². The molecule has 0 amide bonds. The fraction of sp³-hybridized carbons (Fsp3) is 0.389. The van der Waals surface area contributed by atoms with E-state index in [0.29, 0.717) is 6.54 Å². The second-order valence-corrected chi connectivity index (χ2v) is 8.48. The Bertz CT molecular complexity index is 701. The predicted octanol–water partition coefficient (Wildman–Crippen LogP) is 4.41. The molecule has 2 atom stereocenters. The lowest BCUT2D eigenvalue weighted by molar-refractivity contribution is -0.143. The van der Waals surface area contributed by atoms with E-state index in [-0.39, 0.29) is 12.0 Å². The monoisotopic (exact) mass is 409 g/mol. The van der Waals surface area contributed by atoms with E-state index in [4.69, 9.17) is 4.74 Å². The summed E-state index contributed by atoms with van der Waals surface area (Å²) in [5.41, 5.74) is 1.16. The van der Waals surface area contributed by atoms with Gasteiger partial charge in [0.1, 0.15) is 5.75 Å². The second-order valence-electron chi connectivity index (χ2n) is 5.99. The van der Waals surface area contributed by atoms with Crippen molar-refractivity contribution < 1.29 is 14.6 Å². The molecule has 1 aliphatic heterocycles. The van der Waals surface area contributed by atoms with Gasteiger partial charge in [0.25, 0.3) is 0 Å². The molecule has 1 aromatic heterocycles. The van der Waals surface area contributed by atoms with Crippen LogP contribution in [-0.2, 0) is 4.79 Å². The summed E-state index contributed by atoms with van der Waals surface area (Å²) >= 11 is 5.24. The normalized spacial score (nSPS) is 19.8. The van der Waals surface area contributed by atoms with Crippen molar-refractivity contribution in [1.29, 1.82) is 0 Å². The Morgan fingerprint density at radius 1 is 1.33 bits per heavy atom. The first-order valence-electron chi connectivity index (χ1n) is 7.94. The van der Waals surface area contributed by atoms with Crippen molar-refractivity contribution in [3.8, 4) is 5.75 Å². The van der Waals surface area contributed by atoms with Crippen molar-refractivity contribution >= 4 is 33.2 Å². The summed E-state index contributed by atoms with van der Waals surface area (Å²) in [6, 6.07) is 12.3. The number of nitrogens with zero attached hydrogens (tertiary/aromatic N) is 1. The molecular weight excluding hydrogens is 390 g/mol. The smallest absolute Gasteiger partial charge is 0.307 e. The van der Waals surface area contributed by atoms with E-state index in [1.165, 1.54) is 4.88 Å². The lowest BCUT2D eigenvalue weighted by Crippen LogP contribution is -2.41. The van der Waals surface area contributed by atoms with Crippen LogP contribution in [0.5, 0.6) is 5.75 Å². The minimum Gasteiger partial charge on any atom is -0.497 e. The maximum absolute atomic E-state index is 11.4. The quantitative estimate of drug-likeness (QED) is 0.794. The predicted molar refractivity (Wildman–Crippen MR) is 98.8 cm³/mol. The van der Waals surface area contributed by atoms with Crippen LogP contribution in [0.3, 0.4) is 0 Å². The third-order valence-electron chi connectivity index (χ3n) is 4.46. The number of ether oxygens (including phenoxy) is 1. The van der Waals surface area contributed by atoms with Gasteiger partial charge in [0.05, 0.1) is 22.9 Å². The summed E-state index contributed by atoms with van der Waals surface area (Å²) in [7, 11) is 1.66. The van der Waals surface area contributed by atoms with Crippen LogP contribution >= 0.6 is 27.3 Å². The topological polar surface area (TPSA) is 49.8 Å². The van der Waals surface area contributed by atoms with E-state index >= 15 is 0 Å². The molecule has 2 unspecified atom stereocenters. The molecule has 1 N–H and O–H groups in total. The lowest BCUT2D eigenvalue weighted by Gasteiger charge is -2.37. The molecule has 0 bridgehead atoms. The van der Waals surface area contributed by atoms with Crippen LogP contribution in [0.25, 0.3) is 0 Å². The number of methoxy groups -OCH3 is 1. The summed E-state index contributed by atoms with van der Waals surface area (Å²) in [5, 5.41) is 9.40. The van der Waals surface area contributed by atoms with Crippen molar-refractivity contribution in [2.24, 2.45) is 5.92 Å². The zero-order valence-electron chi connectivity index (χ0n) is 13.4. The molecule has 3 rings (SSSR count). The molecule has 2 aromatic rings. The number of carbonyl (C=O) groups is 1. The van der Waals surface area contributed by atoms with Crippen LogP contribution in [0.4, 0.5) is 0 Å². The van der Waals surface area contributed by atoms with Crippen molar-refractivity contribution in [2.75, 3.05) is 20.2 Å². The Morgan fingerprint density at radius 3 is 2.67 bits per heavy atom. The summed E-state index contributed by atoms with van der Waals surface area (Å²) in [6.45, 7) is 1.50. The Morgan fingerprint density at radius 2 is 2.08 bits per heavy atom. The Hall–Kier alpha value is -1.37. The second kappa shape index (κ2) is 7.68. The molecule has 24 heavy (non-hydrogen) atoms. The highest BCUT2D eigenvalue weighted by molar-refractivity contribution is 9.11. The maximum Gasteiger partial charge on any atom is 0.307 e. The van der Waals surface area contributed by atoms with Crippen LogP contribution in [0.1, 0.15) is 29.3 Å². The molecule has 2 heterocycles. The molecule has 0 radical (unpaired) electrons. The average Bonchev–Trinajstić information content (AvgIpc) is 3.02. The van der Waals surface area contributed by atoms with Gasteiger partial charge >= 0.3 is 5.97 Å². The highest BCUT2D eigenvalue weighted by Crippen LogP contribution is 2.38. The first kappa shape index (κ1) is 17.5. The van der Waals surface area contributed by atoms with Gasteiger partial charge in [0.15, 0.2) is 0 Å². The summed E-state index contributed by atoms with van der Waals surface area (Å²) in [5.74, 6) is -0.157. The molecule has 0 aliphatic carbocycles. The summed E-state index contributed by atoms with van der Waals surface area (Å²) in [4.78, 5) is 14.9. The fourth-order valence-electron chi connectivity index (χ4n) is 3.26. The number of rotatable bonds is 5. The van der Waals surface area contributed by atoms with Gasteiger partial charge < -0.3 is 9.84 Å². The van der Waals surface area contributed by atoms with Crippen LogP contribution in [0.15, 0.2) is 40.2 Å². The summed E-state index contributed by atoms with van der Waals surface area (Å²) in [6.07, 6.45) is 1.67. The minimum atomic E-state index is -0.694. The van der Waals surface area contributed by atoms with Crippen molar-refractivity contribution in [3.63, 3.8) is 0 Å². The number of aliphatic carboxylic acids is 1. The third-order valence-corrected chi connectivity index (χ3v) is 6.14. The molecule has 1 aliphatic rings. The molecule has 0 spiro atoms. The van der Waals surface area contributed by atoms with E-state index in [1.54, 1.807) is 18.4 Å². The third kappa shape index (κ3) is 3.82. The number of halogens is 1. The van der Waals surface area contributed by atoms with Gasteiger partial charge in [-0.25, -0.2) is 0 Å². The lowest BCUT2D eigenvalue weighted by atomic mass is 9.94. The van der Waals surface area contributed by atoms with Gasteiger partial charge in [-0.05, 0) is 65.1 Å². The van der Waals surface area contributed by atoms with Crippen LogP contribution in [0, 0.1) is 5.92 Å².